The predicted octanol–water partition coefficient (Wildman–Crippen LogP) is 5.30. The molecule has 0 saturated heterocycles. The second-order valence-electron chi connectivity index (χ2n) is 3.29. The summed E-state index contributed by atoms with van der Waals surface area (Å²) in [6, 6.07) is 3.59. The Morgan fingerprint density at radius 1 is 1.18 bits per heavy atom. The van der Waals surface area contributed by atoms with Crippen LogP contribution in [0.25, 0.3) is 0 Å². The summed E-state index contributed by atoms with van der Waals surface area (Å²) in [7, 11) is 0. The van der Waals surface area contributed by atoms with Crippen LogP contribution >= 0.6 is 38.9 Å². The van der Waals surface area contributed by atoms with E-state index in [1.54, 1.807) is 11.4 Å². The molecule has 0 aliphatic heterocycles. The van der Waals surface area contributed by atoms with Crippen molar-refractivity contribution < 1.29 is 13.2 Å². The third-order valence-electron chi connectivity index (χ3n) is 2.17. The number of thiophene rings is 1. The quantitative estimate of drug-likeness (QED) is 0.513. The number of alkyl halides is 1. The van der Waals surface area contributed by atoms with Gasteiger partial charge < -0.3 is 0 Å². The van der Waals surface area contributed by atoms with Crippen LogP contribution in [-0.2, 0) is 0 Å². The van der Waals surface area contributed by atoms with Crippen molar-refractivity contribution in [3.8, 4) is 0 Å². The van der Waals surface area contributed by atoms with Crippen molar-refractivity contribution in [1.29, 1.82) is 0 Å². The molecule has 1 atom stereocenters. The Morgan fingerprint density at radius 3 is 2.24 bits per heavy atom. The van der Waals surface area contributed by atoms with E-state index in [4.69, 9.17) is 11.6 Å². The van der Waals surface area contributed by atoms with Gasteiger partial charge in [-0.3, -0.25) is 0 Å². The Bertz CT molecular complexity index is 532. The van der Waals surface area contributed by atoms with Crippen LogP contribution in [-0.4, -0.2) is 0 Å². The maximum atomic E-state index is 13.1. The van der Waals surface area contributed by atoms with Crippen molar-refractivity contribution in [1.82, 2.24) is 0 Å². The van der Waals surface area contributed by atoms with Gasteiger partial charge in [-0.2, -0.15) is 0 Å². The molecule has 0 spiro atoms. The number of rotatable bonds is 2. The van der Waals surface area contributed by atoms with Crippen LogP contribution in [0.4, 0.5) is 13.2 Å². The smallest absolute Gasteiger partial charge is 0.194 e. The van der Waals surface area contributed by atoms with E-state index in [0.717, 1.165) is 17.0 Å². The molecule has 0 aliphatic rings. The van der Waals surface area contributed by atoms with Gasteiger partial charge in [0.1, 0.15) is 0 Å². The lowest BCUT2D eigenvalue weighted by atomic mass is 10.1. The first-order valence-electron chi connectivity index (χ1n) is 4.52. The van der Waals surface area contributed by atoms with Crippen molar-refractivity contribution >= 4 is 38.9 Å². The van der Waals surface area contributed by atoms with Gasteiger partial charge in [-0.25, -0.2) is 13.2 Å². The summed E-state index contributed by atoms with van der Waals surface area (Å²) in [5, 5.41) is 2.27. The first-order valence-corrected chi connectivity index (χ1v) is 6.69. The largest absolute Gasteiger partial charge is 0.204 e. The molecule has 1 aromatic heterocycles. The van der Waals surface area contributed by atoms with Crippen molar-refractivity contribution in [2.45, 2.75) is 4.83 Å². The van der Waals surface area contributed by atoms with E-state index in [1.165, 1.54) is 11.3 Å². The summed E-state index contributed by atoms with van der Waals surface area (Å²) >= 11 is 10.6. The highest BCUT2D eigenvalue weighted by molar-refractivity contribution is 9.09. The molecule has 2 rings (SSSR count). The lowest BCUT2D eigenvalue weighted by molar-refractivity contribution is 0.445. The fourth-order valence-corrected chi connectivity index (χ4v) is 3.49. The van der Waals surface area contributed by atoms with Crippen molar-refractivity contribution in [3.63, 3.8) is 0 Å². The fourth-order valence-electron chi connectivity index (χ4n) is 1.36. The van der Waals surface area contributed by atoms with Crippen molar-refractivity contribution in [3.05, 3.63) is 56.5 Å². The van der Waals surface area contributed by atoms with Crippen LogP contribution < -0.4 is 0 Å². The van der Waals surface area contributed by atoms with Crippen molar-refractivity contribution in [2.24, 2.45) is 0 Å². The normalized spacial score (nSPS) is 12.8. The molecule has 0 radical (unpaired) electrons. The summed E-state index contributed by atoms with van der Waals surface area (Å²) in [6.45, 7) is 0. The van der Waals surface area contributed by atoms with E-state index in [2.05, 4.69) is 15.9 Å². The van der Waals surface area contributed by atoms with Gasteiger partial charge in [0, 0.05) is 4.88 Å². The summed E-state index contributed by atoms with van der Waals surface area (Å²) in [5.74, 6) is -3.89. The van der Waals surface area contributed by atoms with Gasteiger partial charge in [0.2, 0.25) is 0 Å². The summed E-state index contributed by atoms with van der Waals surface area (Å²) in [5.41, 5.74) is 0.283. The van der Waals surface area contributed by atoms with Crippen LogP contribution in [0.3, 0.4) is 0 Å². The van der Waals surface area contributed by atoms with E-state index < -0.39 is 22.3 Å². The van der Waals surface area contributed by atoms with Crippen LogP contribution in [0.5, 0.6) is 0 Å². The van der Waals surface area contributed by atoms with E-state index in [1.807, 2.05) is 0 Å². The van der Waals surface area contributed by atoms with E-state index in [-0.39, 0.29) is 5.56 Å². The summed E-state index contributed by atoms with van der Waals surface area (Å²) in [4.78, 5) is 0.261. The molecule has 0 amide bonds. The Labute approximate surface area is 113 Å². The molecule has 0 nitrogen and oxygen atoms in total. The maximum absolute atomic E-state index is 13.1. The lowest BCUT2D eigenvalue weighted by Crippen LogP contribution is -1.97. The Morgan fingerprint density at radius 2 is 1.76 bits per heavy atom. The second kappa shape index (κ2) is 5.00. The van der Waals surface area contributed by atoms with Crippen molar-refractivity contribution in [2.75, 3.05) is 0 Å². The summed E-state index contributed by atoms with van der Waals surface area (Å²) < 4.78 is 39.0. The molecule has 0 aliphatic carbocycles. The topological polar surface area (TPSA) is 0 Å². The zero-order chi connectivity index (χ0) is 12.6. The molecular formula is C11H5BrClF3S. The number of hydrogen-bond donors (Lipinski definition) is 0. The Balaban J connectivity index is 2.45. The van der Waals surface area contributed by atoms with E-state index in [9.17, 15) is 13.2 Å². The predicted molar refractivity (Wildman–Crippen MR) is 66.4 cm³/mol. The molecular weight excluding hydrogens is 337 g/mol. The third kappa shape index (κ3) is 2.51. The minimum atomic E-state index is -1.47. The molecule has 1 heterocycles. The van der Waals surface area contributed by atoms with Gasteiger partial charge >= 0.3 is 0 Å². The van der Waals surface area contributed by atoms with Gasteiger partial charge in [0.05, 0.1) is 9.85 Å². The minimum absolute atomic E-state index is 0.283. The number of hydrogen-bond acceptors (Lipinski definition) is 1. The highest BCUT2D eigenvalue weighted by atomic mass is 79.9. The molecule has 6 heteroatoms. The average molecular weight is 342 g/mol. The maximum Gasteiger partial charge on any atom is 0.194 e. The molecule has 90 valence electrons. The van der Waals surface area contributed by atoms with Gasteiger partial charge in [0.25, 0.3) is 0 Å². The molecule has 1 aromatic carbocycles. The van der Waals surface area contributed by atoms with Gasteiger partial charge in [-0.1, -0.05) is 27.5 Å². The average Bonchev–Trinajstić information content (AvgIpc) is 2.70. The van der Waals surface area contributed by atoms with E-state index in [0.29, 0.717) is 5.02 Å². The van der Waals surface area contributed by atoms with Crippen LogP contribution in [0, 0.1) is 17.5 Å². The molecule has 2 aromatic rings. The van der Waals surface area contributed by atoms with Crippen LogP contribution in [0.2, 0.25) is 5.02 Å². The van der Waals surface area contributed by atoms with Crippen LogP contribution in [0.1, 0.15) is 15.3 Å². The Kier molecular flexibility index (Phi) is 3.80. The number of benzene rings is 1. The molecule has 0 fully saturated rings. The Hall–Kier alpha value is -0.520. The van der Waals surface area contributed by atoms with Gasteiger partial charge in [0.15, 0.2) is 17.5 Å². The SMILES string of the molecule is Fc1cc(C(Br)c2sccc2Cl)cc(F)c1F. The minimum Gasteiger partial charge on any atom is -0.204 e. The molecule has 1 unspecified atom stereocenters. The van der Waals surface area contributed by atoms with E-state index >= 15 is 0 Å². The number of halogens is 5. The molecule has 0 bridgehead atoms. The standard InChI is InChI=1S/C11H5BrClF3S/c12-9(11-6(13)1-2-17-11)5-3-7(14)10(16)8(15)4-5/h1-4,9H. The summed E-state index contributed by atoms with van der Waals surface area (Å²) in [6.07, 6.45) is 0. The highest BCUT2D eigenvalue weighted by Gasteiger charge is 2.19. The monoisotopic (exact) mass is 340 g/mol. The molecule has 0 saturated carbocycles. The first-order chi connectivity index (χ1) is 8.00. The van der Waals surface area contributed by atoms with Crippen LogP contribution in [0.15, 0.2) is 23.6 Å². The third-order valence-corrected chi connectivity index (χ3v) is 4.89. The second-order valence-corrected chi connectivity index (χ2v) is 5.56. The fraction of sp³-hybridized carbons (Fsp3) is 0.0909. The lowest BCUT2D eigenvalue weighted by Gasteiger charge is -2.10. The zero-order valence-corrected chi connectivity index (χ0v) is 11.3. The highest BCUT2D eigenvalue weighted by Crippen LogP contribution is 2.39. The van der Waals surface area contributed by atoms with Gasteiger partial charge in [-0.05, 0) is 29.1 Å². The van der Waals surface area contributed by atoms with Gasteiger partial charge in [-0.15, -0.1) is 11.3 Å². The molecule has 17 heavy (non-hydrogen) atoms. The molecule has 0 N–H and O–H groups in total. The zero-order valence-electron chi connectivity index (χ0n) is 8.18. The first kappa shape index (κ1) is 12.9.